The van der Waals surface area contributed by atoms with Crippen molar-refractivity contribution in [2.75, 3.05) is 5.32 Å². The van der Waals surface area contributed by atoms with E-state index in [1.165, 1.54) is 43.3 Å². The van der Waals surface area contributed by atoms with E-state index in [-0.39, 0.29) is 40.1 Å². The van der Waals surface area contributed by atoms with Gasteiger partial charge in [-0.1, -0.05) is 6.07 Å². The van der Waals surface area contributed by atoms with Gasteiger partial charge in [-0.15, -0.1) is 0 Å². The average Bonchev–Trinajstić information content (AvgIpc) is 2.65. The average molecular weight is 383 g/mol. The fourth-order valence-electron chi connectivity index (χ4n) is 2.67. The molecule has 0 unspecified atom stereocenters. The Bertz CT molecular complexity index is 1190. The molecule has 1 aromatic heterocycles. The first kappa shape index (κ1) is 18.6. The molecule has 0 spiro atoms. The van der Waals surface area contributed by atoms with Gasteiger partial charge in [0.05, 0.1) is 38.3 Å². The van der Waals surface area contributed by atoms with Gasteiger partial charge in [-0.2, -0.15) is 0 Å². The number of nitro benzene ring substituents is 2. The summed E-state index contributed by atoms with van der Waals surface area (Å²) in [5, 5.41) is 24.5. The lowest BCUT2D eigenvalue weighted by atomic mass is 10.1. The number of hydrogen-bond donors (Lipinski definition) is 1. The smallest absolute Gasteiger partial charge is 0.274 e. The molecule has 2 aromatic carbocycles. The van der Waals surface area contributed by atoms with E-state index in [4.69, 9.17) is 0 Å². The summed E-state index contributed by atoms with van der Waals surface area (Å²) in [5.74, 6) is -0.575. The summed E-state index contributed by atoms with van der Waals surface area (Å²) in [6, 6.07) is 7.91. The van der Waals surface area contributed by atoms with Gasteiger partial charge in [0.2, 0.25) is 5.91 Å². The zero-order chi connectivity index (χ0) is 20.4. The molecule has 3 rings (SSSR count). The maximum Gasteiger partial charge on any atom is 0.274 e. The van der Waals surface area contributed by atoms with Crippen LogP contribution in [0, 0.1) is 27.2 Å². The number of aromatic nitrogens is 2. The Labute approximate surface area is 156 Å². The van der Waals surface area contributed by atoms with Crippen molar-refractivity contribution >= 4 is 33.9 Å². The van der Waals surface area contributed by atoms with Gasteiger partial charge >= 0.3 is 0 Å². The Morgan fingerprint density at radius 3 is 2.61 bits per heavy atom. The predicted octanol–water partition coefficient (Wildman–Crippen LogP) is 2.16. The quantitative estimate of drug-likeness (QED) is 0.524. The second-order valence-electron chi connectivity index (χ2n) is 5.89. The summed E-state index contributed by atoms with van der Waals surface area (Å²) in [6.45, 7) is 1.13. The zero-order valence-electron chi connectivity index (χ0n) is 14.5. The van der Waals surface area contributed by atoms with Crippen molar-refractivity contribution in [1.29, 1.82) is 0 Å². The molecule has 0 aliphatic carbocycles. The molecular weight excluding hydrogens is 370 g/mol. The van der Waals surface area contributed by atoms with Gasteiger partial charge in [-0.3, -0.25) is 34.4 Å². The molecule has 0 radical (unpaired) electrons. The number of nitro groups is 2. The standard InChI is InChI=1S/C17H13N5O6/c1-10-13(3-2-4-15(10)22(27)28)19-16(23)8-20-9-18-14-7-11(21(25)26)5-6-12(14)17(20)24/h2-7,9H,8H2,1H3,(H,19,23). The summed E-state index contributed by atoms with van der Waals surface area (Å²) in [5.41, 5.74) is -0.176. The number of hydrogen-bond acceptors (Lipinski definition) is 7. The SMILES string of the molecule is Cc1c(NC(=O)Cn2cnc3cc([N+](=O)[O-])ccc3c2=O)cccc1[N+](=O)[O-]. The van der Waals surface area contributed by atoms with Crippen LogP contribution >= 0.6 is 0 Å². The third-order valence-electron chi connectivity index (χ3n) is 4.11. The van der Waals surface area contributed by atoms with Gasteiger partial charge in [0.25, 0.3) is 16.9 Å². The molecule has 28 heavy (non-hydrogen) atoms. The van der Waals surface area contributed by atoms with Crippen LogP contribution in [-0.2, 0) is 11.3 Å². The van der Waals surface area contributed by atoms with Crippen LogP contribution in [0.5, 0.6) is 0 Å². The highest BCUT2D eigenvalue weighted by Gasteiger charge is 2.16. The maximum atomic E-state index is 12.5. The Balaban J connectivity index is 1.86. The Hall–Kier alpha value is -4.15. The second-order valence-corrected chi connectivity index (χ2v) is 5.89. The van der Waals surface area contributed by atoms with E-state index < -0.39 is 21.3 Å². The van der Waals surface area contributed by atoms with E-state index in [0.717, 1.165) is 10.9 Å². The highest BCUT2D eigenvalue weighted by atomic mass is 16.6. The zero-order valence-corrected chi connectivity index (χ0v) is 14.5. The molecule has 11 heteroatoms. The summed E-state index contributed by atoms with van der Waals surface area (Å²) in [7, 11) is 0. The van der Waals surface area contributed by atoms with E-state index in [9.17, 15) is 29.8 Å². The van der Waals surface area contributed by atoms with Crippen molar-refractivity contribution in [2.45, 2.75) is 13.5 Å². The topological polar surface area (TPSA) is 150 Å². The highest BCUT2D eigenvalue weighted by molar-refractivity contribution is 5.92. The molecule has 11 nitrogen and oxygen atoms in total. The van der Waals surface area contributed by atoms with Gasteiger partial charge < -0.3 is 5.32 Å². The van der Waals surface area contributed by atoms with Crippen molar-refractivity contribution in [3.63, 3.8) is 0 Å². The number of rotatable bonds is 5. The molecule has 0 atom stereocenters. The number of carbonyl (C=O) groups excluding carboxylic acids is 1. The summed E-state index contributed by atoms with van der Waals surface area (Å²) in [6.07, 6.45) is 1.12. The molecule has 0 aliphatic heterocycles. The van der Waals surface area contributed by atoms with Gasteiger partial charge in [0.15, 0.2) is 0 Å². The minimum atomic E-state index is -0.596. The van der Waals surface area contributed by atoms with Gasteiger partial charge in [-0.05, 0) is 19.1 Å². The van der Waals surface area contributed by atoms with Crippen LogP contribution in [0.1, 0.15) is 5.56 Å². The molecule has 3 aromatic rings. The molecule has 1 amide bonds. The molecule has 0 aliphatic rings. The van der Waals surface area contributed by atoms with Gasteiger partial charge in [-0.25, -0.2) is 4.98 Å². The minimum absolute atomic E-state index is 0.132. The molecule has 0 saturated heterocycles. The van der Waals surface area contributed by atoms with E-state index >= 15 is 0 Å². The maximum absolute atomic E-state index is 12.5. The van der Waals surface area contributed by atoms with Crippen LogP contribution in [0.2, 0.25) is 0 Å². The van der Waals surface area contributed by atoms with E-state index in [1.807, 2.05) is 0 Å². The van der Waals surface area contributed by atoms with E-state index in [2.05, 4.69) is 10.3 Å². The highest BCUT2D eigenvalue weighted by Crippen LogP contribution is 2.25. The molecule has 0 bridgehead atoms. The molecule has 142 valence electrons. The van der Waals surface area contributed by atoms with Crippen LogP contribution < -0.4 is 10.9 Å². The first-order chi connectivity index (χ1) is 13.3. The van der Waals surface area contributed by atoms with Crippen molar-refractivity contribution in [3.05, 3.63) is 78.9 Å². The van der Waals surface area contributed by atoms with E-state index in [1.54, 1.807) is 0 Å². The number of amides is 1. The van der Waals surface area contributed by atoms with Crippen molar-refractivity contribution < 1.29 is 14.6 Å². The van der Waals surface area contributed by atoms with Crippen molar-refractivity contribution in [2.24, 2.45) is 0 Å². The first-order valence-electron chi connectivity index (χ1n) is 7.95. The Kier molecular flexibility index (Phi) is 4.81. The van der Waals surface area contributed by atoms with Crippen LogP contribution in [0.15, 0.2) is 47.5 Å². The minimum Gasteiger partial charge on any atom is -0.324 e. The first-order valence-corrected chi connectivity index (χ1v) is 7.95. The van der Waals surface area contributed by atoms with Crippen molar-refractivity contribution in [3.8, 4) is 0 Å². The number of anilines is 1. The second kappa shape index (κ2) is 7.23. The molecular formula is C17H13N5O6. The largest absolute Gasteiger partial charge is 0.324 e. The lowest BCUT2D eigenvalue weighted by Crippen LogP contribution is -2.28. The summed E-state index contributed by atoms with van der Waals surface area (Å²) in [4.78, 5) is 49.4. The third-order valence-corrected chi connectivity index (χ3v) is 4.11. The van der Waals surface area contributed by atoms with Crippen LogP contribution in [0.4, 0.5) is 17.1 Å². The number of carbonyl (C=O) groups is 1. The number of fused-ring (bicyclic) bond motifs is 1. The third kappa shape index (κ3) is 3.53. The monoisotopic (exact) mass is 383 g/mol. The molecule has 1 N–H and O–H groups in total. The van der Waals surface area contributed by atoms with Crippen LogP contribution in [0.3, 0.4) is 0 Å². The predicted molar refractivity (Wildman–Crippen MR) is 99.1 cm³/mol. The number of non-ortho nitro benzene ring substituents is 1. The van der Waals surface area contributed by atoms with Gasteiger partial charge in [0, 0.05) is 18.2 Å². The fraction of sp³-hybridized carbons (Fsp3) is 0.118. The Morgan fingerprint density at radius 2 is 1.93 bits per heavy atom. The fourth-order valence-corrected chi connectivity index (χ4v) is 2.67. The van der Waals surface area contributed by atoms with Crippen molar-refractivity contribution in [1.82, 2.24) is 9.55 Å². The van der Waals surface area contributed by atoms with Crippen LogP contribution in [-0.4, -0.2) is 25.3 Å². The number of nitrogens with zero attached hydrogens (tertiary/aromatic N) is 4. The van der Waals surface area contributed by atoms with E-state index in [0.29, 0.717) is 0 Å². The van der Waals surface area contributed by atoms with Crippen LogP contribution in [0.25, 0.3) is 10.9 Å². The molecule has 1 heterocycles. The molecule has 0 fully saturated rings. The lowest BCUT2D eigenvalue weighted by Gasteiger charge is -2.10. The normalized spacial score (nSPS) is 10.6. The summed E-state index contributed by atoms with van der Waals surface area (Å²) < 4.78 is 1.05. The summed E-state index contributed by atoms with van der Waals surface area (Å²) >= 11 is 0. The number of benzene rings is 2. The molecule has 0 saturated carbocycles. The lowest BCUT2D eigenvalue weighted by molar-refractivity contribution is -0.385. The number of nitrogens with one attached hydrogen (secondary N) is 1. The van der Waals surface area contributed by atoms with Gasteiger partial charge in [0.1, 0.15) is 6.54 Å². The Morgan fingerprint density at radius 1 is 1.18 bits per heavy atom.